The summed E-state index contributed by atoms with van der Waals surface area (Å²) < 4.78 is 19.0. The van der Waals surface area contributed by atoms with E-state index in [1.165, 1.54) is 12.1 Å². The molecular weight excluding hydrogens is 417 g/mol. The molecule has 4 rings (SSSR count). The van der Waals surface area contributed by atoms with E-state index in [1.807, 2.05) is 60.7 Å². The van der Waals surface area contributed by atoms with Gasteiger partial charge in [-0.15, -0.1) is 0 Å². The van der Waals surface area contributed by atoms with Crippen LogP contribution in [0.2, 0.25) is 0 Å². The van der Waals surface area contributed by atoms with E-state index in [0.29, 0.717) is 25.9 Å². The van der Waals surface area contributed by atoms with Crippen molar-refractivity contribution in [1.29, 1.82) is 0 Å². The molecule has 170 valence electrons. The van der Waals surface area contributed by atoms with Gasteiger partial charge in [0.05, 0.1) is 5.41 Å². The molecule has 1 aliphatic rings. The van der Waals surface area contributed by atoms with Gasteiger partial charge in [0.25, 0.3) is 5.91 Å². The average molecular weight is 446 g/mol. The zero-order chi connectivity index (χ0) is 23.1. The van der Waals surface area contributed by atoms with Crippen LogP contribution in [0.25, 0.3) is 0 Å². The van der Waals surface area contributed by atoms with E-state index in [-0.39, 0.29) is 18.3 Å². The van der Waals surface area contributed by atoms with Crippen LogP contribution < -0.4 is 0 Å². The molecule has 0 spiro atoms. The zero-order valence-corrected chi connectivity index (χ0v) is 18.6. The van der Waals surface area contributed by atoms with E-state index < -0.39 is 11.4 Å². The van der Waals surface area contributed by atoms with Gasteiger partial charge >= 0.3 is 5.97 Å². The van der Waals surface area contributed by atoms with Gasteiger partial charge in [0.2, 0.25) is 0 Å². The molecule has 0 radical (unpaired) electrons. The molecular formula is C28H28FNO3. The lowest BCUT2D eigenvalue weighted by molar-refractivity contribution is -0.157. The van der Waals surface area contributed by atoms with Crippen molar-refractivity contribution in [1.82, 2.24) is 4.90 Å². The Morgan fingerprint density at radius 3 is 1.82 bits per heavy atom. The minimum atomic E-state index is -0.808. The van der Waals surface area contributed by atoms with Crippen molar-refractivity contribution in [3.05, 3.63) is 107 Å². The molecule has 0 heterocycles. The van der Waals surface area contributed by atoms with Crippen LogP contribution in [-0.2, 0) is 32.8 Å². The summed E-state index contributed by atoms with van der Waals surface area (Å²) in [5.41, 5.74) is 1.96. The number of hydrogen-bond acceptors (Lipinski definition) is 3. The fourth-order valence-electron chi connectivity index (χ4n) is 4.55. The molecule has 0 aromatic heterocycles. The fraction of sp³-hybridized carbons (Fsp3) is 0.286. The van der Waals surface area contributed by atoms with Crippen LogP contribution in [0.3, 0.4) is 0 Å². The number of carbonyl (C=O) groups excluding carboxylic acids is 2. The van der Waals surface area contributed by atoms with Gasteiger partial charge in [0.15, 0.2) is 6.61 Å². The Bertz CT molecular complexity index is 1020. The first-order chi connectivity index (χ1) is 16.1. The molecule has 1 amide bonds. The van der Waals surface area contributed by atoms with Crippen LogP contribution in [0.4, 0.5) is 4.39 Å². The summed E-state index contributed by atoms with van der Waals surface area (Å²) in [6.07, 6.45) is 3.08. The number of ether oxygens (including phenoxy) is 1. The van der Waals surface area contributed by atoms with Gasteiger partial charge in [-0.3, -0.25) is 9.59 Å². The third-order valence-corrected chi connectivity index (χ3v) is 6.36. The SMILES string of the molecule is O=C(COC(=O)C1(c2ccc(F)cc2)CCCC1)N(Cc1ccccc1)Cc1ccccc1. The van der Waals surface area contributed by atoms with Crippen LogP contribution in [0.1, 0.15) is 42.4 Å². The number of carbonyl (C=O) groups is 2. The second-order valence-corrected chi connectivity index (χ2v) is 8.59. The Kier molecular flexibility index (Phi) is 7.18. The lowest BCUT2D eigenvalue weighted by Crippen LogP contribution is -2.39. The molecule has 3 aromatic rings. The Morgan fingerprint density at radius 1 is 0.788 bits per heavy atom. The first-order valence-corrected chi connectivity index (χ1v) is 11.4. The van der Waals surface area contributed by atoms with Crippen molar-refractivity contribution in [2.45, 2.75) is 44.2 Å². The molecule has 33 heavy (non-hydrogen) atoms. The van der Waals surface area contributed by atoms with Gasteiger partial charge in [-0.25, -0.2) is 4.39 Å². The molecule has 0 atom stereocenters. The maximum atomic E-state index is 13.4. The number of nitrogens with zero attached hydrogens (tertiary/aromatic N) is 1. The Balaban J connectivity index is 1.47. The quantitative estimate of drug-likeness (QED) is 0.436. The second kappa shape index (κ2) is 10.4. The minimum absolute atomic E-state index is 0.247. The maximum Gasteiger partial charge on any atom is 0.317 e. The van der Waals surface area contributed by atoms with Gasteiger partial charge < -0.3 is 9.64 Å². The molecule has 5 heteroatoms. The molecule has 1 fully saturated rings. The number of halogens is 1. The Hall–Kier alpha value is -3.47. The maximum absolute atomic E-state index is 13.4. The first-order valence-electron chi connectivity index (χ1n) is 11.4. The lowest BCUT2D eigenvalue weighted by Gasteiger charge is -2.28. The summed E-state index contributed by atoms with van der Waals surface area (Å²) in [5.74, 6) is -0.990. The van der Waals surface area contributed by atoms with E-state index in [9.17, 15) is 14.0 Å². The molecule has 4 nitrogen and oxygen atoms in total. The molecule has 3 aromatic carbocycles. The van der Waals surface area contributed by atoms with Crippen LogP contribution >= 0.6 is 0 Å². The van der Waals surface area contributed by atoms with Crippen LogP contribution in [0, 0.1) is 5.82 Å². The Morgan fingerprint density at radius 2 is 1.30 bits per heavy atom. The van der Waals surface area contributed by atoms with Gasteiger partial charge in [0, 0.05) is 13.1 Å². The van der Waals surface area contributed by atoms with E-state index in [2.05, 4.69) is 0 Å². The predicted octanol–water partition coefficient (Wildman–Crippen LogP) is 5.41. The summed E-state index contributed by atoms with van der Waals surface area (Å²) in [6.45, 7) is 0.534. The normalized spacial score (nSPS) is 14.6. The third-order valence-electron chi connectivity index (χ3n) is 6.36. The van der Waals surface area contributed by atoms with Gasteiger partial charge in [0.1, 0.15) is 5.82 Å². The zero-order valence-electron chi connectivity index (χ0n) is 18.6. The molecule has 0 saturated heterocycles. The molecule has 1 saturated carbocycles. The third kappa shape index (κ3) is 5.48. The number of hydrogen-bond donors (Lipinski definition) is 0. The molecule has 0 unspecified atom stereocenters. The highest BCUT2D eigenvalue weighted by Gasteiger charge is 2.44. The fourth-order valence-corrected chi connectivity index (χ4v) is 4.55. The largest absolute Gasteiger partial charge is 0.455 e. The van der Waals surface area contributed by atoms with Gasteiger partial charge in [-0.1, -0.05) is 85.6 Å². The number of benzene rings is 3. The van der Waals surface area contributed by atoms with Crippen molar-refractivity contribution < 1.29 is 18.7 Å². The second-order valence-electron chi connectivity index (χ2n) is 8.59. The van der Waals surface area contributed by atoms with Crippen LogP contribution in [-0.4, -0.2) is 23.4 Å². The first kappa shape index (κ1) is 22.7. The van der Waals surface area contributed by atoms with Gasteiger partial charge in [-0.05, 0) is 41.7 Å². The van der Waals surface area contributed by atoms with Crippen molar-refractivity contribution in [2.24, 2.45) is 0 Å². The van der Waals surface area contributed by atoms with Crippen molar-refractivity contribution in [3.63, 3.8) is 0 Å². The minimum Gasteiger partial charge on any atom is -0.455 e. The summed E-state index contributed by atoms with van der Waals surface area (Å²) >= 11 is 0. The van der Waals surface area contributed by atoms with Crippen LogP contribution in [0.5, 0.6) is 0 Å². The summed E-state index contributed by atoms with van der Waals surface area (Å²) in [5, 5.41) is 0. The van der Waals surface area contributed by atoms with Crippen LogP contribution in [0.15, 0.2) is 84.9 Å². The topological polar surface area (TPSA) is 46.6 Å². The van der Waals surface area contributed by atoms with Gasteiger partial charge in [-0.2, -0.15) is 0 Å². The Labute approximate surface area is 194 Å². The van der Waals surface area contributed by atoms with Crippen molar-refractivity contribution in [3.8, 4) is 0 Å². The molecule has 0 N–H and O–H groups in total. The number of esters is 1. The summed E-state index contributed by atoms with van der Waals surface area (Å²) in [4.78, 5) is 28.1. The molecule has 0 bridgehead atoms. The average Bonchev–Trinajstić information content (AvgIpc) is 3.35. The predicted molar refractivity (Wildman–Crippen MR) is 125 cm³/mol. The summed E-state index contributed by atoms with van der Waals surface area (Å²) in [6, 6.07) is 25.6. The summed E-state index contributed by atoms with van der Waals surface area (Å²) in [7, 11) is 0. The van der Waals surface area contributed by atoms with Crippen molar-refractivity contribution in [2.75, 3.05) is 6.61 Å². The smallest absolute Gasteiger partial charge is 0.317 e. The van der Waals surface area contributed by atoms with E-state index in [4.69, 9.17) is 4.74 Å². The number of rotatable bonds is 8. The molecule has 0 aliphatic heterocycles. The van der Waals surface area contributed by atoms with Crippen molar-refractivity contribution >= 4 is 11.9 Å². The van der Waals surface area contributed by atoms with E-state index in [1.54, 1.807) is 17.0 Å². The monoisotopic (exact) mass is 445 g/mol. The molecule has 1 aliphatic carbocycles. The highest BCUT2D eigenvalue weighted by Crippen LogP contribution is 2.42. The highest BCUT2D eigenvalue weighted by atomic mass is 19.1. The van der Waals surface area contributed by atoms with E-state index in [0.717, 1.165) is 29.5 Å². The van der Waals surface area contributed by atoms with E-state index >= 15 is 0 Å². The standard InChI is InChI=1S/C28H28FNO3/c29-25-15-13-24(14-16-25)28(17-7-8-18-28)27(32)33-21-26(31)30(19-22-9-3-1-4-10-22)20-23-11-5-2-6-12-23/h1-6,9-16H,7-8,17-21H2. The highest BCUT2D eigenvalue weighted by molar-refractivity contribution is 5.86. The number of amides is 1. The lowest BCUT2D eigenvalue weighted by atomic mass is 9.79.